The Hall–Kier alpha value is -3.06. The molecule has 0 aliphatic heterocycles. The summed E-state index contributed by atoms with van der Waals surface area (Å²) in [5, 5.41) is 0. The van der Waals surface area contributed by atoms with Crippen LogP contribution in [-0.4, -0.2) is 23.1 Å². The van der Waals surface area contributed by atoms with E-state index in [4.69, 9.17) is 4.74 Å². The first kappa shape index (κ1) is 18.7. The Morgan fingerprint density at radius 2 is 2.00 bits per heavy atom. The topological polar surface area (TPSA) is 60.7 Å². The molecule has 0 aliphatic rings. The lowest BCUT2D eigenvalue weighted by atomic mass is 10.2. The van der Waals surface area contributed by atoms with Crippen LogP contribution in [0.15, 0.2) is 59.6 Å². The number of esters is 1. The molecule has 0 unspecified atom stereocenters. The van der Waals surface area contributed by atoms with Crippen molar-refractivity contribution in [2.24, 2.45) is 4.99 Å². The van der Waals surface area contributed by atoms with E-state index in [9.17, 15) is 14.0 Å². The van der Waals surface area contributed by atoms with Gasteiger partial charge in [0.15, 0.2) is 4.80 Å². The number of benzene rings is 2. The van der Waals surface area contributed by atoms with Gasteiger partial charge in [0.1, 0.15) is 12.4 Å². The summed E-state index contributed by atoms with van der Waals surface area (Å²) >= 11 is 1.14. The number of aromatic nitrogens is 1. The fourth-order valence-electron chi connectivity index (χ4n) is 2.48. The van der Waals surface area contributed by atoms with Crippen LogP contribution in [0.1, 0.15) is 12.5 Å². The molecule has 0 saturated carbocycles. The number of amides is 1. The molecule has 27 heavy (non-hydrogen) atoms. The van der Waals surface area contributed by atoms with Crippen LogP contribution in [0.4, 0.5) is 4.39 Å². The van der Waals surface area contributed by atoms with Crippen molar-refractivity contribution in [1.29, 1.82) is 0 Å². The Bertz CT molecular complexity index is 1070. The second kappa shape index (κ2) is 8.55. The minimum atomic E-state index is -0.469. The minimum absolute atomic E-state index is 0.103. The highest BCUT2D eigenvalue weighted by Gasteiger charge is 2.12. The normalized spacial score (nSPS) is 12.0. The summed E-state index contributed by atoms with van der Waals surface area (Å²) in [6, 6.07) is 13.6. The number of hydrogen-bond acceptors (Lipinski definition) is 4. The lowest BCUT2D eigenvalue weighted by molar-refractivity contribution is -0.143. The highest BCUT2D eigenvalue weighted by molar-refractivity contribution is 7.16. The maximum Gasteiger partial charge on any atom is 0.326 e. The second-order valence-electron chi connectivity index (χ2n) is 5.58. The standard InChI is InChI=1S/C20H17FN2O3S/c1-2-26-19(25)13-23-16-10-9-15(21)12-17(16)27-20(23)22-18(24)11-8-14-6-4-3-5-7-14/h3-12H,2,13H2,1H3/b11-8+,22-20?. The van der Waals surface area contributed by atoms with Crippen molar-refractivity contribution in [1.82, 2.24) is 4.57 Å². The van der Waals surface area contributed by atoms with E-state index in [1.54, 1.807) is 23.6 Å². The Kier molecular flexibility index (Phi) is 5.93. The van der Waals surface area contributed by atoms with E-state index in [2.05, 4.69) is 4.99 Å². The van der Waals surface area contributed by atoms with Crippen molar-refractivity contribution in [3.8, 4) is 0 Å². The smallest absolute Gasteiger partial charge is 0.326 e. The van der Waals surface area contributed by atoms with Crippen LogP contribution in [0.25, 0.3) is 16.3 Å². The number of carbonyl (C=O) groups is 2. The molecule has 0 N–H and O–H groups in total. The van der Waals surface area contributed by atoms with Gasteiger partial charge in [-0.2, -0.15) is 4.99 Å². The molecule has 0 aliphatic carbocycles. The third-order valence-electron chi connectivity index (χ3n) is 3.66. The summed E-state index contributed by atoms with van der Waals surface area (Å²) in [5.41, 5.74) is 1.49. The number of hydrogen-bond donors (Lipinski definition) is 0. The number of thiazole rings is 1. The molecule has 1 aromatic heterocycles. The molecule has 3 rings (SSSR count). The largest absolute Gasteiger partial charge is 0.465 e. The molecular weight excluding hydrogens is 367 g/mol. The summed E-state index contributed by atoms with van der Waals surface area (Å²) in [7, 11) is 0. The van der Waals surface area contributed by atoms with Gasteiger partial charge in [0, 0.05) is 6.08 Å². The van der Waals surface area contributed by atoms with Crippen molar-refractivity contribution >= 4 is 39.5 Å². The number of fused-ring (bicyclic) bond motifs is 1. The molecule has 2 aromatic carbocycles. The van der Waals surface area contributed by atoms with E-state index in [0.29, 0.717) is 15.0 Å². The summed E-state index contributed by atoms with van der Waals surface area (Å²) < 4.78 is 20.7. The SMILES string of the molecule is CCOC(=O)Cn1c(=NC(=O)/C=C/c2ccccc2)sc2cc(F)ccc21. The maximum atomic E-state index is 13.5. The first-order valence-electron chi connectivity index (χ1n) is 8.33. The van der Waals surface area contributed by atoms with Gasteiger partial charge in [-0.3, -0.25) is 9.59 Å². The third-order valence-corrected chi connectivity index (χ3v) is 4.70. The Labute approximate surface area is 159 Å². The second-order valence-corrected chi connectivity index (χ2v) is 6.59. The van der Waals surface area contributed by atoms with Crippen LogP contribution < -0.4 is 4.80 Å². The van der Waals surface area contributed by atoms with Crippen LogP contribution in [0.3, 0.4) is 0 Å². The Morgan fingerprint density at radius 1 is 1.22 bits per heavy atom. The monoisotopic (exact) mass is 384 g/mol. The summed E-state index contributed by atoms with van der Waals surface area (Å²) in [6.07, 6.45) is 3.02. The van der Waals surface area contributed by atoms with Crippen molar-refractivity contribution < 1.29 is 18.7 Å². The van der Waals surface area contributed by atoms with Gasteiger partial charge in [0.25, 0.3) is 5.91 Å². The predicted molar refractivity (Wildman–Crippen MR) is 102 cm³/mol. The van der Waals surface area contributed by atoms with Crippen LogP contribution in [-0.2, 0) is 20.9 Å². The minimum Gasteiger partial charge on any atom is -0.465 e. The van der Waals surface area contributed by atoms with Gasteiger partial charge in [-0.25, -0.2) is 4.39 Å². The van der Waals surface area contributed by atoms with Gasteiger partial charge < -0.3 is 9.30 Å². The van der Waals surface area contributed by atoms with Crippen molar-refractivity contribution in [2.45, 2.75) is 13.5 Å². The van der Waals surface area contributed by atoms with Crippen LogP contribution in [0.5, 0.6) is 0 Å². The molecule has 0 saturated heterocycles. The quantitative estimate of drug-likeness (QED) is 0.499. The molecule has 0 radical (unpaired) electrons. The van der Waals surface area contributed by atoms with E-state index in [1.807, 2.05) is 30.3 Å². The first-order valence-corrected chi connectivity index (χ1v) is 9.15. The van der Waals surface area contributed by atoms with Gasteiger partial charge in [-0.15, -0.1) is 0 Å². The maximum absolute atomic E-state index is 13.5. The molecule has 0 fully saturated rings. The zero-order valence-corrected chi connectivity index (χ0v) is 15.4. The van der Waals surface area contributed by atoms with E-state index in [-0.39, 0.29) is 13.2 Å². The Morgan fingerprint density at radius 3 is 2.74 bits per heavy atom. The van der Waals surface area contributed by atoms with Crippen LogP contribution in [0.2, 0.25) is 0 Å². The fraction of sp³-hybridized carbons (Fsp3) is 0.150. The van der Waals surface area contributed by atoms with E-state index in [1.165, 1.54) is 18.2 Å². The predicted octanol–water partition coefficient (Wildman–Crippen LogP) is 3.55. The van der Waals surface area contributed by atoms with Crippen molar-refractivity contribution in [3.63, 3.8) is 0 Å². The fourth-order valence-corrected chi connectivity index (χ4v) is 3.54. The molecular formula is C20H17FN2O3S. The van der Waals surface area contributed by atoms with Gasteiger partial charge >= 0.3 is 5.97 Å². The highest BCUT2D eigenvalue weighted by atomic mass is 32.1. The lowest BCUT2D eigenvalue weighted by Gasteiger charge is -2.04. The molecule has 5 nitrogen and oxygen atoms in total. The molecule has 0 bridgehead atoms. The van der Waals surface area contributed by atoms with Crippen LogP contribution in [0, 0.1) is 5.82 Å². The molecule has 138 valence electrons. The first-order chi connectivity index (χ1) is 13.1. The zero-order valence-electron chi connectivity index (χ0n) is 14.6. The average molecular weight is 384 g/mol. The molecule has 1 heterocycles. The number of carbonyl (C=O) groups excluding carboxylic acids is 2. The molecule has 3 aromatic rings. The van der Waals surface area contributed by atoms with Gasteiger partial charge in [0.05, 0.1) is 16.8 Å². The number of ether oxygens (including phenoxy) is 1. The van der Waals surface area contributed by atoms with Gasteiger partial charge in [-0.1, -0.05) is 41.7 Å². The number of halogens is 1. The summed E-state index contributed by atoms with van der Waals surface area (Å²) in [6.45, 7) is 1.86. The van der Waals surface area contributed by atoms with E-state index >= 15 is 0 Å². The van der Waals surface area contributed by atoms with Crippen molar-refractivity contribution in [3.05, 3.63) is 70.8 Å². The van der Waals surface area contributed by atoms with Gasteiger partial charge in [-0.05, 0) is 36.8 Å². The van der Waals surface area contributed by atoms with Crippen LogP contribution >= 0.6 is 11.3 Å². The number of rotatable bonds is 5. The lowest BCUT2D eigenvalue weighted by Crippen LogP contribution is -2.22. The van der Waals surface area contributed by atoms with E-state index in [0.717, 1.165) is 16.9 Å². The highest BCUT2D eigenvalue weighted by Crippen LogP contribution is 2.18. The molecule has 0 spiro atoms. The summed E-state index contributed by atoms with van der Waals surface area (Å²) in [4.78, 5) is 28.6. The molecule has 7 heteroatoms. The number of nitrogens with zero attached hydrogens (tertiary/aromatic N) is 2. The Balaban J connectivity index is 1.98. The van der Waals surface area contributed by atoms with Gasteiger partial charge in [0.2, 0.25) is 0 Å². The molecule has 0 atom stereocenters. The van der Waals surface area contributed by atoms with Crippen molar-refractivity contribution in [2.75, 3.05) is 6.61 Å². The molecule has 1 amide bonds. The third kappa shape index (κ3) is 4.77. The van der Waals surface area contributed by atoms with E-state index < -0.39 is 17.7 Å². The summed E-state index contributed by atoms with van der Waals surface area (Å²) in [5.74, 6) is -1.31. The zero-order chi connectivity index (χ0) is 19.2. The average Bonchev–Trinajstić information content (AvgIpc) is 2.97.